The van der Waals surface area contributed by atoms with Gasteiger partial charge in [-0.15, -0.1) is 5.11 Å². The highest BCUT2D eigenvalue weighted by Gasteiger charge is 2.33. The molecule has 0 aromatic heterocycles. The van der Waals surface area contributed by atoms with Gasteiger partial charge in [0.2, 0.25) is 0 Å². The molecule has 0 saturated carbocycles. The molecule has 0 aliphatic rings. The standard InChI is InChI=1S/C22H37B3S2/c1-8-14-20(5,6)19(15-16(4)22(23,24)25)17(9-2)12-11-13-18(10-3)21(7,26)27/h8-10,14,16,19,26-27H,11-13,15H2,1-7H3/b14-8?,17-9-,18-10+. The van der Waals surface area contributed by atoms with Gasteiger partial charge in [-0.2, -0.15) is 25.3 Å². The second-order valence-corrected chi connectivity index (χ2v) is 10.7. The van der Waals surface area contributed by atoms with Crippen molar-refractivity contribution in [2.45, 2.75) is 83.3 Å². The molecule has 0 fully saturated rings. The molecule has 2 atom stereocenters. The smallest absolute Gasteiger partial charge is 0.0733 e. The van der Waals surface area contributed by atoms with Crippen LogP contribution in [0.1, 0.15) is 74.1 Å². The van der Waals surface area contributed by atoms with Crippen molar-refractivity contribution >= 4 is 48.8 Å². The number of hydrogen-bond acceptors (Lipinski definition) is 2. The van der Waals surface area contributed by atoms with Gasteiger partial charge < -0.3 is 0 Å². The van der Waals surface area contributed by atoms with Crippen LogP contribution in [0.25, 0.3) is 0 Å². The summed E-state index contributed by atoms with van der Waals surface area (Å²) in [5, 5.41) is -1.17. The molecule has 0 bridgehead atoms. The number of allylic oxidation sites excluding steroid dienone is 5. The van der Waals surface area contributed by atoms with Crippen LogP contribution in [-0.2, 0) is 0 Å². The molecule has 0 amide bonds. The van der Waals surface area contributed by atoms with Crippen LogP contribution >= 0.6 is 25.3 Å². The maximum atomic E-state index is 5.99. The summed E-state index contributed by atoms with van der Waals surface area (Å²) in [5.41, 5.74) is 2.69. The van der Waals surface area contributed by atoms with E-state index < -0.39 is 5.11 Å². The molecular formula is C22H37B3S2. The van der Waals surface area contributed by atoms with Crippen LogP contribution in [-0.4, -0.2) is 27.6 Å². The number of rotatable bonds is 11. The zero-order valence-corrected chi connectivity index (χ0v) is 20.2. The molecular weight excluding hydrogens is 361 g/mol. The van der Waals surface area contributed by atoms with Crippen LogP contribution in [0.15, 0.2) is 35.5 Å². The van der Waals surface area contributed by atoms with Gasteiger partial charge >= 0.3 is 0 Å². The van der Waals surface area contributed by atoms with Gasteiger partial charge in [0.1, 0.15) is 0 Å². The average molecular weight is 398 g/mol. The lowest BCUT2D eigenvalue weighted by Crippen LogP contribution is -2.31. The Morgan fingerprint density at radius 2 is 1.52 bits per heavy atom. The summed E-state index contributed by atoms with van der Waals surface area (Å²) in [6, 6.07) is 0. The Kier molecular flexibility index (Phi) is 11.4. The highest BCUT2D eigenvalue weighted by molar-refractivity contribution is 8.00. The Balaban J connectivity index is 5.43. The average Bonchev–Trinajstić information content (AvgIpc) is 2.50. The first-order valence-corrected chi connectivity index (χ1v) is 10.9. The fourth-order valence-corrected chi connectivity index (χ4v) is 4.18. The van der Waals surface area contributed by atoms with E-state index in [1.54, 1.807) is 0 Å². The van der Waals surface area contributed by atoms with E-state index in [0.29, 0.717) is 5.92 Å². The van der Waals surface area contributed by atoms with Crippen molar-refractivity contribution in [2.24, 2.45) is 17.3 Å². The third kappa shape index (κ3) is 9.44. The molecule has 0 aromatic rings. The number of hydrogen-bond donors (Lipinski definition) is 2. The first-order valence-electron chi connectivity index (χ1n) is 9.96. The summed E-state index contributed by atoms with van der Waals surface area (Å²) in [6.07, 6.45) is 12.7. The maximum Gasteiger partial charge on any atom is 0.0733 e. The summed E-state index contributed by atoms with van der Waals surface area (Å²) >= 11 is 9.20. The van der Waals surface area contributed by atoms with Crippen molar-refractivity contribution in [2.75, 3.05) is 0 Å². The van der Waals surface area contributed by atoms with Gasteiger partial charge in [-0.05, 0) is 70.3 Å². The molecule has 0 N–H and O–H groups in total. The van der Waals surface area contributed by atoms with Gasteiger partial charge in [0.05, 0.1) is 27.6 Å². The third-order valence-electron chi connectivity index (χ3n) is 5.62. The molecule has 5 heteroatoms. The third-order valence-corrected chi connectivity index (χ3v) is 6.20. The minimum Gasteiger partial charge on any atom is -0.158 e. The molecule has 0 saturated heterocycles. The molecule has 27 heavy (non-hydrogen) atoms. The molecule has 0 aliphatic carbocycles. The quantitative estimate of drug-likeness (QED) is 0.170. The normalized spacial score (nSPS) is 17.4. The van der Waals surface area contributed by atoms with Crippen molar-refractivity contribution in [1.29, 1.82) is 0 Å². The molecule has 0 rings (SSSR count). The lowest BCUT2D eigenvalue weighted by molar-refractivity contribution is 0.264. The predicted octanol–water partition coefficient (Wildman–Crippen LogP) is 6.45. The van der Waals surface area contributed by atoms with Crippen molar-refractivity contribution in [3.05, 3.63) is 35.5 Å². The number of thiol groups is 2. The molecule has 146 valence electrons. The van der Waals surface area contributed by atoms with Gasteiger partial charge in [0, 0.05) is 0 Å². The van der Waals surface area contributed by atoms with Gasteiger partial charge in [0.15, 0.2) is 0 Å². The van der Waals surface area contributed by atoms with E-state index in [0.717, 1.165) is 25.7 Å². The van der Waals surface area contributed by atoms with Crippen molar-refractivity contribution in [3.63, 3.8) is 0 Å². The van der Waals surface area contributed by atoms with E-state index in [1.165, 1.54) is 11.1 Å². The molecule has 6 radical (unpaired) electrons. The Morgan fingerprint density at radius 3 is 1.89 bits per heavy atom. The van der Waals surface area contributed by atoms with Crippen LogP contribution in [0.4, 0.5) is 0 Å². The zero-order chi connectivity index (χ0) is 21.5. The van der Waals surface area contributed by atoms with Gasteiger partial charge in [-0.25, -0.2) is 0 Å². The summed E-state index contributed by atoms with van der Waals surface area (Å²) in [6.45, 7) is 14.8. The van der Waals surface area contributed by atoms with Gasteiger partial charge in [-0.1, -0.05) is 56.6 Å². The van der Waals surface area contributed by atoms with E-state index >= 15 is 0 Å². The van der Waals surface area contributed by atoms with E-state index in [4.69, 9.17) is 23.5 Å². The molecule has 0 heterocycles. The molecule has 0 aromatic carbocycles. The first kappa shape index (κ1) is 27.1. The van der Waals surface area contributed by atoms with Gasteiger partial charge in [-0.3, -0.25) is 0 Å². The van der Waals surface area contributed by atoms with Crippen LogP contribution in [0, 0.1) is 17.3 Å². The second-order valence-electron chi connectivity index (χ2n) is 8.56. The minimum absolute atomic E-state index is 0.00113. The Hall–Kier alpha value is 0.115. The first-order chi connectivity index (χ1) is 12.2. The highest BCUT2D eigenvalue weighted by atomic mass is 32.2. The van der Waals surface area contributed by atoms with E-state index in [-0.39, 0.29) is 15.4 Å². The van der Waals surface area contributed by atoms with E-state index in [2.05, 4.69) is 84.2 Å². The largest absolute Gasteiger partial charge is 0.158 e. The van der Waals surface area contributed by atoms with Crippen molar-refractivity contribution in [3.8, 4) is 0 Å². The molecule has 0 nitrogen and oxygen atoms in total. The maximum absolute atomic E-state index is 5.99. The summed E-state index contributed by atoms with van der Waals surface area (Å²) in [7, 11) is 18.0. The monoisotopic (exact) mass is 398 g/mol. The molecule has 0 spiro atoms. The highest BCUT2D eigenvalue weighted by Crippen LogP contribution is 2.43. The van der Waals surface area contributed by atoms with Crippen LogP contribution in [0.5, 0.6) is 0 Å². The second kappa shape index (κ2) is 11.3. The summed E-state index contributed by atoms with van der Waals surface area (Å²) < 4.78 is -0.374. The molecule has 2 unspecified atom stereocenters. The lowest BCUT2D eigenvalue weighted by Gasteiger charge is -2.40. The topological polar surface area (TPSA) is 0 Å². The lowest BCUT2D eigenvalue weighted by atomic mass is 9.37. The Labute approximate surface area is 184 Å². The Morgan fingerprint density at radius 1 is 0.963 bits per heavy atom. The fourth-order valence-electron chi connectivity index (χ4n) is 3.69. The SMILES string of the molecule is [B]C([B])([B])C(C)CC(/C(=C\C)CCC/C(=C\C)C(C)(S)S)C(C)(C)C=CC. The van der Waals surface area contributed by atoms with Crippen LogP contribution in [0.3, 0.4) is 0 Å². The van der Waals surface area contributed by atoms with Crippen molar-refractivity contribution < 1.29 is 0 Å². The summed E-state index contributed by atoms with van der Waals surface area (Å²) in [5.74, 6) is 0.336. The van der Waals surface area contributed by atoms with Gasteiger partial charge in [0.25, 0.3) is 0 Å². The van der Waals surface area contributed by atoms with Crippen LogP contribution < -0.4 is 0 Å². The Bertz CT molecular complexity index is 535. The predicted molar refractivity (Wildman–Crippen MR) is 134 cm³/mol. The van der Waals surface area contributed by atoms with E-state index in [1.807, 2.05) is 13.8 Å². The van der Waals surface area contributed by atoms with Crippen molar-refractivity contribution in [1.82, 2.24) is 0 Å². The van der Waals surface area contributed by atoms with E-state index in [9.17, 15) is 0 Å². The zero-order valence-electron chi connectivity index (χ0n) is 18.4. The summed E-state index contributed by atoms with van der Waals surface area (Å²) in [4.78, 5) is 0. The molecule has 0 aliphatic heterocycles. The van der Waals surface area contributed by atoms with Crippen LogP contribution in [0.2, 0.25) is 5.11 Å². The minimum atomic E-state index is -1.17. The fraction of sp³-hybridized carbons (Fsp3) is 0.727.